The first-order valence-corrected chi connectivity index (χ1v) is 9.29. The van der Waals surface area contributed by atoms with E-state index in [2.05, 4.69) is 53.8 Å². The lowest BCUT2D eigenvalue weighted by atomic mass is 9.86. The van der Waals surface area contributed by atoms with Crippen LogP contribution in [0.1, 0.15) is 56.5 Å². The van der Waals surface area contributed by atoms with Crippen molar-refractivity contribution in [3.63, 3.8) is 0 Å². The summed E-state index contributed by atoms with van der Waals surface area (Å²) in [6.07, 6.45) is 2.25. The van der Waals surface area contributed by atoms with Crippen molar-refractivity contribution in [2.45, 2.75) is 46.0 Å². The van der Waals surface area contributed by atoms with E-state index in [0.29, 0.717) is 10.7 Å². The number of carbonyl (C=O) groups is 1. The van der Waals surface area contributed by atoms with Gasteiger partial charge in [0.05, 0.1) is 0 Å². The molecule has 1 heterocycles. The van der Waals surface area contributed by atoms with Gasteiger partial charge < -0.3 is 4.90 Å². The summed E-state index contributed by atoms with van der Waals surface area (Å²) in [5.74, 6) is 0.598. The average Bonchev–Trinajstić information content (AvgIpc) is 2.46. The smallest absolute Gasteiger partial charge is 0.257 e. The first-order valence-electron chi connectivity index (χ1n) is 8.09. The highest BCUT2D eigenvalue weighted by atomic mass is 79.9. The number of piperidine rings is 1. The molecular weight excluding hydrogens is 372 g/mol. The van der Waals surface area contributed by atoms with Crippen molar-refractivity contribution in [3.8, 4) is 0 Å². The Hall–Kier alpha value is -0.940. The van der Waals surface area contributed by atoms with Crippen LogP contribution >= 0.6 is 28.1 Å². The number of hydrogen-bond donors (Lipinski definition) is 1. The highest BCUT2D eigenvalue weighted by molar-refractivity contribution is 9.10. The van der Waals surface area contributed by atoms with Gasteiger partial charge in [0.2, 0.25) is 0 Å². The Labute approximate surface area is 153 Å². The molecule has 0 saturated carbocycles. The molecule has 0 radical (unpaired) electrons. The van der Waals surface area contributed by atoms with Crippen molar-refractivity contribution in [2.24, 2.45) is 5.92 Å². The molecule has 0 spiro atoms. The molecule has 3 nitrogen and oxygen atoms in total. The summed E-state index contributed by atoms with van der Waals surface area (Å²) >= 11 is 8.97. The molecule has 0 aromatic heterocycles. The van der Waals surface area contributed by atoms with Crippen LogP contribution in [0.5, 0.6) is 0 Å². The molecule has 1 amide bonds. The summed E-state index contributed by atoms with van der Waals surface area (Å²) in [6.45, 7) is 10.6. The van der Waals surface area contributed by atoms with E-state index >= 15 is 0 Å². The molecule has 1 N–H and O–H groups in total. The number of rotatable bonds is 1. The van der Waals surface area contributed by atoms with Crippen molar-refractivity contribution in [3.05, 3.63) is 33.8 Å². The fourth-order valence-corrected chi connectivity index (χ4v) is 3.97. The van der Waals surface area contributed by atoms with E-state index in [1.165, 1.54) is 5.56 Å². The van der Waals surface area contributed by atoms with Crippen LogP contribution in [-0.2, 0) is 5.41 Å². The van der Waals surface area contributed by atoms with E-state index in [-0.39, 0.29) is 11.3 Å². The van der Waals surface area contributed by atoms with Crippen LogP contribution in [0.2, 0.25) is 0 Å². The SMILES string of the molecule is CC1CCN(C(=S)NC(=O)c2ccc(C(C)(C)C)c(Br)c2)CC1. The van der Waals surface area contributed by atoms with Crippen LogP contribution in [0.25, 0.3) is 0 Å². The van der Waals surface area contributed by atoms with E-state index in [9.17, 15) is 4.79 Å². The maximum atomic E-state index is 12.4. The maximum absolute atomic E-state index is 12.4. The number of hydrogen-bond acceptors (Lipinski definition) is 2. The first kappa shape index (κ1) is 18.4. The second-order valence-electron chi connectivity index (χ2n) is 7.37. The van der Waals surface area contributed by atoms with E-state index in [1.54, 1.807) is 0 Å². The first-order chi connectivity index (χ1) is 10.7. The zero-order valence-electron chi connectivity index (χ0n) is 14.3. The second-order valence-corrected chi connectivity index (χ2v) is 8.61. The van der Waals surface area contributed by atoms with Gasteiger partial charge in [-0.05, 0) is 54.1 Å². The Morgan fingerprint density at radius 3 is 2.43 bits per heavy atom. The summed E-state index contributed by atoms with van der Waals surface area (Å²) in [7, 11) is 0. The third-order valence-corrected chi connectivity index (χ3v) is 5.35. The second kappa shape index (κ2) is 7.31. The Kier molecular flexibility index (Phi) is 5.84. The number of amides is 1. The fourth-order valence-electron chi connectivity index (χ4n) is 2.72. The van der Waals surface area contributed by atoms with Gasteiger partial charge in [0, 0.05) is 23.1 Å². The molecule has 1 aliphatic rings. The van der Waals surface area contributed by atoms with Gasteiger partial charge >= 0.3 is 0 Å². The Morgan fingerprint density at radius 2 is 1.91 bits per heavy atom. The summed E-state index contributed by atoms with van der Waals surface area (Å²) < 4.78 is 0.954. The minimum atomic E-state index is -0.144. The molecular formula is C18H25BrN2OS. The van der Waals surface area contributed by atoms with Crippen LogP contribution in [0.15, 0.2) is 22.7 Å². The highest BCUT2D eigenvalue weighted by Crippen LogP contribution is 2.30. The zero-order chi connectivity index (χ0) is 17.2. The summed E-state index contributed by atoms with van der Waals surface area (Å²) in [5, 5.41) is 3.40. The van der Waals surface area contributed by atoms with E-state index in [0.717, 1.165) is 36.3 Å². The molecule has 0 bridgehead atoms. The molecule has 0 unspecified atom stereocenters. The van der Waals surface area contributed by atoms with Crippen LogP contribution in [0.3, 0.4) is 0 Å². The van der Waals surface area contributed by atoms with Crippen LogP contribution < -0.4 is 5.32 Å². The Morgan fingerprint density at radius 1 is 1.30 bits per heavy atom. The normalized spacial score (nSPS) is 16.3. The molecule has 1 aromatic carbocycles. The van der Waals surface area contributed by atoms with Gasteiger partial charge in [-0.3, -0.25) is 10.1 Å². The van der Waals surface area contributed by atoms with E-state index < -0.39 is 0 Å². The van der Waals surface area contributed by atoms with Crippen LogP contribution in [0.4, 0.5) is 0 Å². The number of carbonyl (C=O) groups excluding carboxylic acids is 1. The minimum Gasteiger partial charge on any atom is -0.349 e. The van der Waals surface area contributed by atoms with Gasteiger partial charge in [-0.15, -0.1) is 0 Å². The zero-order valence-corrected chi connectivity index (χ0v) is 16.7. The van der Waals surface area contributed by atoms with Crippen LogP contribution in [0, 0.1) is 5.92 Å². The quantitative estimate of drug-likeness (QED) is 0.709. The van der Waals surface area contributed by atoms with Gasteiger partial charge in [-0.25, -0.2) is 0 Å². The van der Waals surface area contributed by atoms with Crippen molar-refractivity contribution >= 4 is 39.2 Å². The largest absolute Gasteiger partial charge is 0.349 e. The molecule has 5 heteroatoms. The molecule has 1 aromatic rings. The Bertz CT molecular complexity index is 602. The molecule has 2 rings (SSSR count). The molecule has 0 aliphatic carbocycles. The van der Waals surface area contributed by atoms with E-state index in [1.807, 2.05) is 18.2 Å². The van der Waals surface area contributed by atoms with Gasteiger partial charge in [0.15, 0.2) is 5.11 Å². The van der Waals surface area contributed by atoms with Crippen molar-refractivity contribution in [1.29, 1.82) is 0 Å². The maximum Gasteiger partial charge on any atom is 0.257 e. The number of benzene rings is 1. The summed E-state index contributed by atoms with van der Waals surface area (Å²) in [4.78, 5) is 14.5. The number of nitrogens with zero attached hydrogens (tertiary/aromatic N) is 1. The fraction of sp³-hybridized carbons (Fsp3) is 0.556. The number of likely N-dealkylation sites (tertiary alicyclic amines) is 1. The predicted molar refractivity (Wildman–Crippen MR) is 103 cm³/mol. The van der Waals surface area contributed by atoms with Gasteiger partial charge in [-0.2, -0.15) is 0 Å². The van der Waals surface area contributed by atoms with Crippen molar-refractivity contribution in [2.75, 3.05) is 13.1 Å². The minimum absolute atomic E-state index is 0.0354. The molecule has 0 atom stereocenters. The molecule has 1 fully saturated rings. The van der Waals surface area contributed by atoms with E-state index in [4.69, 9.17) is 12.2 Å². The average molecular weight is 397 g/mol. The lowest BCUT2D eigenvalue weighted by molar-refractivity contribution is 0.0971. The molecule has 23 heavy (non-hydrogen) atoms. The molecule has 1 saturated heterocycles. The van der Waals surface area contributed by atoms with Crippen molar-refractivity contribution < 1.29 is 4.79 Å². The topological polar surface area (TPSA) is 32.3 Å². The van der Waals surface area contributed by atoms with Gasteiger partial charge in [0.1, 0.15) is 0 Å². The molecule has 1 aliphatic heterocycles. The number of halogens is 1. The Balaban J connectivity index is 2.03. The molecule has 126 valence electrons. The van der Waals surface area contributed by atoms with Crippen LogP contribution in [-0.4, -0.2) is 29.0 Å². The van der Waals surface area contributed by atoms with Crippen molar-refractivity contribution in [1.82, 2.24) is 10.2 Å². The monoisotopic (exact) mass is 396 g/mol. The predicted octanol–water partition coefficient (Wildman–Crippen LogP) is 4.49. The van der Waals surface area contributed by atoms with Gasteiger partial charge in [0.25, 0.3) is 5.91 Å². The highest BCUT2D eigenvalue weighted by Gasteiger charge is 2.21. The number of nitrogens with one attached hydrogen (secondary N) is 1. The lowest BCUT2D eigenvalue weighted by Crippen LogP contribution is -2.46. The third kappa shape index (κ3) is 4.77. The third-order valence-electron chi connectivity index (χ3n) is 4.33. The standard InChI is InChI=1S/C18H25BrN2OS/c1-12-7-9-21(10-8-12)17(23)20-16(22)13-5-6-14(15(19)11-13)18(2,3)4/h5-6,11-12H,7-10H2,1-4H3,(H,20,22,23). The lowest BCUT2D eigenvalue weighted by Gasteiger charge is -2.32. The number of thiocarbonyl (C=S) groups is 1. The summed E-state index contributed by atoms with van der Waals surface area (Å²) in [6, 6.07) is 5.74. The summed E-state index contributed by atoms with van der Waals surface area (Å²) in [5.41, 5.74) is 1.84. The van der Waals surface area contributed by atoms with Gasteiger partial charge in [-0.1, -0.05) is 49.7 Å².